The van der Waals surface area contributed by atoms with Gasteiger partial charge in [-0.25, -0.2) is 0 Å². The van der Waals surface area contributed by atoms with E-state index in [4.69, 9.17) is 0 Å². The van der Waals surface area contributed by atoms with E-state index in [1.807, 2.05) is 42.5 Å². The number of piperidine rings is 1. The predicted molar refractivity (Wildman–Crippen MR) is 116 cm³/mol. The number of hydrogen-bond donors (Lipinski definition) is 1. The summed E-state index contributed by atoms with van der Waals surface area (Å²) in [5, 5.41) is 3.00. The Labute approximate surface area is 172 Å². The zero-order chi connectivity index (χ0) is 20.1. The monoisotopic (exact) mass is 391 g/mol. The lowest BCUT2D eigenvalue weighted by Crippen LogP contribution is -2.40. The molecule has 5 nitrogen and oxygen atoms in total. The van der Waals surface area contributed by atoms with Gasteiger partial charge in [0.1, 0.15) is 0 Å². The Morgan fingerprint density at radius 2 is 1.52 bits per heavy atom. The summed E-state index contributed by atoms with van der Waals surface area (Å²) < 4.78 is 0. The molecule has 2 aromatic rings. The number of nitrogens with one attached hydrogen (secondary N) is 1. The number of Topliss-reactive ketones (excluding diaryl/α,β-unsaturated/α-hetero) is 1. The summed E-state index contributed by atoms with van der Waals surface area (Å²) in [5.74, 6) is 0.300. The summed E-state index contributed by atoms with van der Waals surface area (Å²) in [6, 6.07) is 17.6. The van der Waals surface area contributed by atoms with Crippen molar-refractivity contribution in [2.45, 2.75) is 25.7 Å². The number of carbonyl (C=O) groups excluding carboxylic acids is 2. The van der Waals surface area contributed by atoms with E-state index in [1.165, 1.54) is 18.5 Å². The zero-order valence-electron chi connectivity index (χ0n) is 16.8. The fraction of sp³-hybridized carbons (Fsp3) is 0.417. The summed E-state index contributed by atoms with van der Waals surface area (Å²) in [7, 11) is 0. The van der Waals surface area contributed by atoms with Gasteiger partial charge in [-0.05, 0) is 63.0 Å². The highest BCUT2D eigenvalue weighted by atomic mass is 16.2. The fourth-order valence-corrected chi connectivity index (χ4v) is 4.33. The Hall–Kier alpha value is -2.66. The van der Waals surface area contributed by atoms with Gasteiger partial charge in [0.2, 0.25) is 5.91 Å². The van der Waals surface area contributed by atoms with Crippen molar-refractivity contribution < 1.29 is 9.59 Å². The van der Waals surface area contributed by atoms with Gasteiger partial charge < -0.3 is 10.2 Å². The number of likely N-dealkylation sites (tertiary alicyclic amines) is 1. The molecule has 2 fully saturated rings. The molecule has 0 atom stereocenters. The molecule has 0 unspecified atom stereocenters. The summed E-state index contributed by atoms with van der Waals surface area (Å²) in [6.07, 6.45) is 4.13. The molecule has 1 N–H and O–H groups in total. The van der Waals surface area contributed by atoms with Crippen LogP contribution >= 0.6 is 0 Å². The van der Waals surface area contributed by atoms with Crippen LogP contribution in [0, 0.1) is 5.92 Å². The standard InChI is InChI=1S/C24H29N3O2/c28-23(25-21-8-10-22(11-9-21)27-14-4-5-15-27)18-26-16-12-20(13-17-26)24(29)19-6-2-1-3-7-19/h1-3,6-11,20H,4-5,12-18H2,(H,25,28). The highest BCUT2D eigenvalue weighted by molar-refractivity contribution is 5.98. The van der Waals surface area contributed by atoms with Gasteiger partial charge in [0.05, 0.1) is 6.54 Å². The molecule has 29 heavy (non-hydrogen) atoms. The third kappa shape index (κ3) is 5.04. The van der Waals surface area contributed by atoms with Crippen LogP contribution in [0.1, 0.15) is 36.0 Å². The number of rotatable bonds is 6. The Bertz CT molecular complexity index is 821. The van der Waals surface area contributed by atoms with E-state index >= 15 is 0 Å². The van der Waals surface area contributed by atoms with E-state index in [1.54, 1.807) is 0 Å². The highest BCUT2D eigenvalue weighted by Gasteiger charge is 2.26. The number of amides is 1. The number of benzene rings is 2. The Balaban J connectivity index is 1.23. The average Bonchev–Trinajstić information content (AvgIpc) is 3.30. The third-order valence-corrected chi connectivity index (χ3v) is 6.01. The van der Waals surface area contributed by atoms with Crippen LogP contribution in [0.3, 0.4) is 0 Å². The van der Waals surface area contributed by atoms with Gasteiger partial charge in [0, 0.05) is 35.9 Å². The number of ketones is 1. The highest BCUT2D eigenvalue weighted by Crippen LogP contribution is 2.23. The van der Waals surface area contributed by atoms with E-state index in [-0.39, 0.29) is 17.6 Å². The molecule has 0 bridgehead atoms. The minimum atomic E-state index is 0.00626. The van der Waals surface area contributed by atoms with Gasteiger partial charge >= 0.3 is 0 Å². The first-order valence-electron chi connectivity index (χ1n) is 10.7. The lowest BCUT2D eigenvalue weighted by Gasteiger charge is -2.30. The topological polar surface area (TPSA) is 52.7 Å². The van der Waals surface area contributed by atoms with Crippen LogP contribution in [0.25, 0.3) is 0 Å². The Kier molecular flexibility index (Phi) is 6.25. The average molecular weight is 392 g/mol. The largest absolute Gasteiger partial charge is 0.372 e. The molecule has 2 aliphatic heterocycles. The van der Waals surface area contributed by atoms with Gasteiger partial charge in [0.15, 0.2) is 5.78 Å². The number of hydrogen-bond acceptors (Lipinski definition) is 4. The van der Waals surface area contributed by atoms with Crippen LogP contribution in [-0.4, -0.2) is 49.3 Å². The molecular formula is C24H29N3O2. The van der Waals surface area contributed by atoms with E-state index < -0.39 is 0 Å². The first-order valence-corrected chi connectivity index (χ1v) is 10.7. The van der Waals surface area contributed by atoms with Crippen molar-refractivity contribution in [3.63, 3.8) is 0 Å². The number of anilines is 2. The fourth-order valence-electron chi connectivity index (χ4n) is 4.33. The summed E-state index contributed by atoms with van der Waals surface area (Å²) in [4.78, 5) is 29.5. The molecule has 1 amide bonds. The molecule has 2 aromatic carbocycles. The third-order valence-electron chi connectivity index (χ3n) is 6.01. The SMILES string of the molecule is O=C(CN1CCC(C(=O)c2ccccc2)CC1)Nc1ccc(N2CCCC2)cc1. The molecule has 0 spiro atoms. The molecule has 0 aromatic heterocycles. The molecular weight excluding hydrogens is 362 g/mol. The maximum absolute atomic E-state index is 12.6. The second-order valence-corrected chi connectivity index (χ2v) is 8.07. The number of carbonyl (C=O) groups is 2. The minimum Gasteiger partial charge on any atom is -0.372 e. The normalized spacial score (nSPS) is 18.0. The van der Waals surface area contributed by atoms with Gasteiger partial charge in [-0.2, -0.15) is 0 Å². The molecule has 2 heterocycles. The second-order valence-electron chi connectivity index (χ2n) is 8.07. The predicted octanol–water partition coefficient (Wildman–Crippen LogP) is 3.82. The molecule has 152 valence electrons. The van der Waals surface area contributed by atoms with Crippen molar-refractivity contribution in [2.24, 2.45) is 5.92 Å². The van der Waals surface area contributed by atoms with Crippen LogP contribution in [0.2, 0.25) is 0 Å². The quantitative estimate of drug-likeness (QED) is 0.761. The first-order chi connectivity index (χ1) is 14.2. The minimum absolute atomic E-state index is 0.00626. The van der Waals surface area contributed by atoms with Crippen LogP contribution in [0.4, 0.5) is 11.4 Å². The van der Waals surface area contributed by atoms with Crippen molar-refractivity contribution in [1.29, 1.82) is 0 Å². The van der Waals surface area contributed by atoms with Gasteiger partial charge in [-0.3, -0.25) is 14.5 Å². The van der Waals surface area contributed by atoms with Crippen LogP contribution in [0.15, 0.2) is 54.6 Å². The van der Waals surface area contributed by atoms with Gasteiger partial charge in [0.25, 0.3) is 0 Å². The van der Waals surface area contributed by atoms with Crippen LogP contribution in [0.5, 0.6) is 0 Å². The van der Waals surface area contributed by atoms with Crippen molar-refractivity contribution in [2.75, 3.05) is 42.9 Å². The summed E-state index contributed by atoms with van der Waals surface area (Å²) >= 11 is 0. The maximum atomic E-state index is 12.6. The van der Waals surface area contributed by atoms with E-state index in [2.05, 4.69) is 27.2 Å². The number of nitrogens with zero attached hydrogens (tertiary/aromatic N) is 2. The van der Waals surface area contributed by atoms with Gasteiger partial charge in [-0.1, -0.05) is 30.3 Å². The molecule has 4 rings (SSSR count). The summed E-state index contributed by atoms with van der Waals surface area (Å²) in [6.45, 7) is 4.18. The maximum Gasteiger partial charge on any atom is 0.238 e. The molecule has 2 aliphatic rings. The van der Waals surface area contributed by atoms with E-state index in [0.29, 0.717) is 6.54 Å². The Morgan fingerprint density at radius 1 is 0.862 bits per heavy atom. The van der Waals surface area contributed by atoms with E-state index in [0.717, 1.165) is 50.3 Å². The molecule has 5 heteroatoms. The van der Waals surface area contributed by atoms with Crippen molar-refractivity contribution in [3.05, 3.63) is 60.2 Å². The van der Waals surface area contributed by atoms with Crippen LogP contribution in [-0.2, 0) is 4.79 Å². The molecule has 0 radical (unpaired) electrons. The lowest BCUT2D eigenvalue weighted by molar-refractivity contribution is -0.117. The smallest absolute Gasteiger partial charge is 0.238 e. The Morgan fingerprint density at radius 3 is 2.17 bits per heavy atom. The zero-order valence-corrected chi connectivity index (χ0v) is 16.8. The van der Waals surface area contributed by atoms with E-state index in [9.17, 15) is 9.59 Å². The van der Waals surface area contributed by atoms with Crippen molar-refractivity contribution in [1.82, 2.24) is 4.90 Å². The summed E-state index contributed by atoms with van der Waals surface area (Å²) in [5.41, 5.74) is 2.86. The lowest BCUT2D eigenvalue weighted by atomic mass is 9.89. The first kappa shape index (κ1) is 19.6. The molecule has 0 saturated carbocycles. The van der Waals surface area contributed by atoms with Gasteiger partial charge in [-0.15, -0.1) is 0 Å². The molecule has 0 aliphatic carbocycles. The van der Waals surface area contributed by atoms with Crippen molar-refractivity contribution >= 4 is 23.1 Å². The van der Waals surface area contributed by atoms with Crippen LogP contribution < -0.4 is 10.2 Å². The molecule has 2 saturated heterocycles. The second kappa shape index (κ2) is 9.23. The van der Waals surface area contributed by atoms with Crippen molar-refractivity contribution in [3.8, 4) is 0 Å².